The van der Waals surface area contributed by atoms with Gasteiger partial charge in [0.25, 0.3) is 5.91 Å². The molecule has 0 spiro atoms. The van der Waals surface area contributed by atoms with E-state index in [2.05, 4.69) is 22.1 Å². The number of nitrogens with one attached hydrogen (secondary N) is 1. The van der Waals surface area contributed by atoms with Crippen LogP contribution in [0.1, 0.15) is 28.0 Å². The summed E-state index contributed by atoms with van der Waals surface area (Å²) in [6.07, 6.45) is 2.05. The minimum atomic E-state index is -0.202. The number of hydrogen-bond acceptors (Lipinski definition) is 3. The Kier molecular flexibility index (Phi) is 5.50. The second-order valence-electron chi connectivity index (χ2n) is 4.37. The van der Waals surface area contributed by atoms with Crippen molar-refractivity contribution in [3.63, 3.8) is 0 Å². The normalized spacial score (nSPS) is 9.57. The van der Waals surface area contributed by atoms with Gasteiger partial charge < -0.3 is 10.4 Å². The number of hydrogen-bond donors (Lipinski definition) is 2. The summed E-state index contributed by atoms with van der Waals surface area (Å²) >= 11 is 0. The minimum absolute atomic E-state index is 0.0623. The molecule has 2 rings (SSSR count). The van der Waals surface area contributed by atoms with Gasteiger partial charge in [-0.25, -0.2) is 0 Å². The Morgan fingerprint density at radius 2 is 2.14 bits per heavy atom. The molecule has 106 valence electrons. The zero-order valence-corrected chi connectivity index (χ0v) is 11.5. The molecule has 0 aliphatic rings. The highest BCUT2D eigenvalue weighted by atomic mass is 16.2. The fourth-order valence-corrected chi connectivity index (χ4v) is 1.75. The third-order valence-corrected chi connectivity index (χ3v) is 2.75. The molecule has 4 nitrogen and oxygen atoms in total. The van der Waals surface area contributed by atoms with Crippen LogP contribution in [0.2, 0.25) is 0 Å². The predicted molar refractivity (Wildman–Crippen MR) is 80.4 cm³/mol. The number of amides is 1. The lowest BCUT2D eigenvalue weighted by Crippen LogP contribution is -2.23. The third kappa shape index (κ3) is 4.75. The lowest BCUT2D eigenvalue weighted by molar-refractivity contribution is 0.0946. The summed E-state index contributed by atoms with van der Waals surface area (Å²) in [6, 6.07) is 12.9. The van der Waals surface area contributed by atoms with Crippen LogP contribution in [0.4, 0.5) is 0 Å². The molecular formula is C17H16N2O2. The summed E-state index contributed by atoms with van der Waals surface area (Å²) in [7, 11) is 0. The number of carbonyl (C=O) groups excluding carboxylic acids is 1. The maximum absolute atomic E-state index is 11.9. The highest BCUT2D eigenvalue weighted by molar-refractivity contribution is 5.92. The maximum Gasteiger partial charge on any atom is 0.270 e. The summed E-state index contributed by atoms with van der Waals surface area (Å²) in [4.78, 5) is 15.9. The molecule has 0 bridgehead atoms. The molecule has 21 heavy (non-hydrogen) atoms. The number of carbonyl (C=O) groups is 1. The average Bonchev–Trinajstić information content (AvgIpc) is 2.54. The van der Waals surface area contributed by atoms with Crippen LogP contribution < -0.4 is 5.32 Å². The van der Waals surface area contributed by atoms with Crippen molar-refractivity contribution >= 4 is 5.91 Å². The molecule has 0 saturated heterocycles. The molecule has 2 N–H and O–H groups in total. The summed E-state index contributed by atoms with van der Waals surface area (Å²) in [5.74, 6) is 5.64. The van der Waals surface area contributed by atoms with Gasteiger partial charge >= 0.3 is 0 Å². The lowest BCUT2D eigenvalue weighted by Gasteiger charge is -2.05. The van der Waals surface area contributed by atoms with Crippen molar-refractivity contribution in [2.75, 3.05) is 6.61 Å². The van der Waals surface area contributed by atoms with Crippen LogP contribution in [0.25, 0.3) is 0 Å². The predicted octanol–water partition coefficient (Wildman–Crippen LogP) is 1.75. The SMILES string of the molecule is O=C(NCc1cccc(C#CCCO)c1)c1ccccn1. The van der Waals surface area contributed by atoms with Gasteiger partial charge in [0, 0.05) is 24.7 Å². The smallest absolute Gasteiger partial charge is 0.270 e. The van der Waals surface area contributed by atoms with Gasteiger partial charge in [0.05, 0.1) is 6.61 Å². The van der Waals surface area contributed by atoms with E-state index in [4.69, 9.17) is 5.11 Å². The number of aliphatic hydroxyl groups excluding tert-OH is 1. The minimum Gasteiger partial charge on any atom is -0.395 e. The Labute approximate surface area is 123 Å². The quantitative estimate of drug-likeness (QED) is 0.839. The van der Waals surface area contributed by atoms with E-state index in [1.807, 2.05) is 24.3 Å². The molecular weight excluding hydrogens is 264 g/mol. The third-order valence-electron chi connectivity index (χ3n) is 2.75. The van der Waals surface area contributed by atoms with Crippen molar-refractivity contribution in [2.45, 2.75) is 13.0 Å². The van der Waals surface area contributed by atoms with E-state index >= 15 is 0 Å². The molecule has 2 aromatic rings. The first-order chi connectivity index (χ1) is 10.3. The molecule has 1 amide bonds. The van der Waals surface area contributed by atoms with Crippen LogP contribution >= 0.6 is 0 Å². The van der Waals surface area contributed by atoms with Crippen molar-refractivity contribution in [3.05, 3.63) is 65.5 Å². The van der Waals surface area contributed by atoms with Crippen molar-refractivity contribution < 1.29 is 9.90 Å². The molecule has 0 unspecified atom stereocenters. The number of nitrogens with zero attached hydrogens (tertiary/aromatic N) is 1. The molecule has 0 atom stereocenters. The topological polar surface area (TPSA) is 62.2 Å². The Balaban J connectivity index is 1.96. The van der Waals surface area contributed by atoms with E-state index in [-0.39, 0.29) is 12.5 Å². The second kappa shape index (κ2) is 7.83. The van der Waals surface area contributed by atoms with Crippen LogP contribution in [-0.2, 0) is 6.54 Å². The molecule has 1 aromatic heterocycles. The highest BCUT2D eigenvalue weighted by Gasteiger charge is 2.05. The van der Waals surface area contributed by atoms with Gasteiger partial charge in [0.2, 0.25) is 0 Å². The van der Waals surface area contributed by atoms with Crippen molar-refractivity contribution in [1.29, 1.82) is 0 Å². The summed E-state index contributed by atoms with van der Waals surface area (Å²) in [5.41, 5.74) is 2.24. The van der Waals surface area contributed by atoms with Gasteiger partial charge in [-0.2, -0.15) is 0 Å². The first-order valence-electron chi connectivity index (χ1n) is 6.67. The molecule has 0 saturated carbocycles. The van der Waals surface area contributed by atoms with Crippen LogP contribution in [0.15, 0.2) is 48.7 Å². The van der Waals surface area contributed by atoms with E-state index < -0.39 is 0 Å². The lowest BCUT2D eigenvalue weighted by atomic mass is 10.1. The number of benzene rings is 1. The zero-order valence-electron chi connectivity index (χ0n) is 11.5. The molecule has 0 aliphatic carbocycles. The van der Waals surface area contributed by atoms with Gasteiger partial charge in [0.15, 0.2) is 0 Å². The van der Waals surface area contributed by atoms with Crippen molar-refractivity contribution in [1.82, 2.24) is 10.3 Å². The van der Waals surface area contributed by atoms with Gasteiger partial charge in [0.1, 0.15) is 5.69 Å². The number of pyridine rings is 1. The van der Waals surface area contributed by atoms with E-state index in [0.29, 0.717) is 18.7 Å². The molecule has 1 aromatic carbocycles. The van der Waals surface area contributed by atoms with Gasteiger partial charge in [-0.1, -0.05) is 30.0 Å². The maximum atomic E-state index is 11.9. The van der Waals surface area contributed by atoms with Crippen LogP contribution in [0.5, 0.6) is 0 Å². The Hall–Kier alpha value is -2.64. The van der Waals surface area contributed by atoms with Gasteiger partial charge in [-0.15, -0.1) is 0 Å². The molecule has 0 fully saturated rings. The van der Waals surface area contributed by atoms with Crippen LogP contribution in [-0.4, -0.2) is 22.6 Å². The molecule has 4 heteroatoms. The largest absolute Gasteiger partial charge is 0.395 e. The van der Waals surface area contributed by atoms with Crippen LogP contribution in [0, 0.1) is 11.8 Å². The zero-order chi connectivity index (χ0) is 14.9. The number of aliphatic hydroxyl groups is 1. The fourth-order valence-electron chi connectivity index (χ4n) is 1.75. The Morgan fingerprint density at radius 3 is 2.90 bits per heavy atom. The van der Waals surface area contributed by atoms with Crippen molar-refractivity contribution in [2.24, 2.45) is 0 Å². The summed E-state index contributed by atoms with van der Waals surface area (Å²) in [5, 5.41) is 11.5. The first kappa shape index (κ1) is 14.8. The standard InChI is InChI=1S/C17H16N2O2/c20-11-4-2-6-14-7-5-8-15(12-14)13-19-17(21)16-9-1-3-10-18-16/h1,3,5,7-10,12,20H,4,11,13H2,(H,19,21). The molecule has 0 radical (unpaired) electrons. The Morgan fingerprint density at radius 1 is 1.24 bits per heavy atom. The van der Waals surface area contributed by atoms with E-state index in [0.717, 1.165) is 11.1 Å². The summed E-state index contributed by atoms with van der Waals surface area (Å²) < 4.78 is 0. The average molecular weight is 280 g/mol. The number of aromatic nitrogens is 1. The van der Waals surface area contributed by atoms with Crippen LogP contribution in [0.3, 0.4) is 0 Å². The monoisotopic (exact) mass is 280 g/mol. The number of rotatable bonds is 4. The van der Waals surface area contributed by atoms with Gasteiger partial charge in [-0.3, -0.25) is 9.78 Å². The molecule has 1 heterocycles. The van der Waals surface area contributed by atoms with E-state index in [9.17, 15) is 4.79 Å². The first-order valence-corrected chi connectivity index (χ1v) is 6.67. The van der Waals surface area contributed by atoms with E-state index in [1.54, 1.807) is 24.4 Å². The second-order valence-corrected chi connectivity index (χ2v) is 4.37. The van der Waals surface area contributed by atoms with Crippen molar-refractivity contribution in [3.8, 4) is 11.8 Å². The summed E-state index contributed by atoms with van der Waals surface area (Å²) in [6.45, 7) is 0.484. The van der Waals surface area contributed by atoms with Gasteiger partial charge in [-0.05, 0) is 29.8 Å². The molecule has 0 aliphatic heterocycles. The van der Waals surface area contributed by atoms with E-state index in [1.165, 1.54) is 0 Å². The Bertz CT molecular complexity index is 657. The fraction of sp³-hybridized carbons (Fsp3) is 0.176. The highest BCUT2D eigenvalue weighted by Crippen LogP contribution is 2.04.